The van der Waals surface area contributed by atoms with E-state index in [0.29, 0.717) is 33.3 Å². The van der Waals surface area contributed by atoms with E-state index in [1.165, 1.54) is 11.8 Å². The highest BCUT2D eigenvalue weighted by Crippen LogP contribution is 2.28. The summed E-state index contributed by atoms with van der Waals surface area (Å²) in [5.74, 6) is 2.97. The van der Waals surface area contributed by atoms with Gasteiger partial charge in [-0.3, -0.25) is 4.57 Å². The summed E-state index contributed by atoms with van der Waals surface area (Å²) in [4.78, 5) is 12.0. The summed E-state index contributed by atoms with van der Waals surface area (Å²) >= 11 is 7.77. The van der Waals surface area contributed by atoms with Gasteiger partial charge in [-0.2, -0.15) is 15.0 Å². The normalized spacial score (nSPS) is 10.9. The molecule has 0 spiro atoms. The van der Waals surface area contributed by atoms with Crippen molar-refractivity contribution in [1.82, 2.24) is 29.7 Å². The molecule has 0 atom stereocenters. The quantitative estimate of drug-likeness (QED) is 0.357. The van der Waals surface area contributed by atoms with Gasteiger partial charge in [0.2, 0.25) is 11.9 Å². The highest BCUT2D eigenvalue weighted by molar-refractivity contribution is 7.98. The second-order valence-corrected chi connectivity index (χ2v) is 8.24. The molecule has 0 aliphatic carbocycles. The van der Waals surface area contributed by atoms with Crippen LogP contribution in [-0.2, 0) is 12.4 Å². The van der Waals surface area contributed by atoms with Crippen LogP contribution in [0.5, 0.6) is 11.5 Å². The predicted octanol–water partition coefficient (Wildman–Crippen LogP) is 3.46. The smallest absolute Gasteiger partial charge is 0.225 e. The highest BCUT2D eigenvalue weighted by atomic mass is 35.5. The third-order valence-electron chi connectivity index (χ3n) is 4.59. The summed E-state index contributed by atoms with van der Waals surface area (Å²) in [7, 11) is 1.61. The van der Waals surface area contributed by atoms with Gasteiger partial charge >= 0.3 is 0 Å². The van der Waals surface area contributed by atoms with Gasteiger partial charge in [-0.25, -0.2) is 0 Å². The third kappa shape index (κ3) is 5.44. The number of aromatic nitrogens is 6. The number of hydrogen-bond acceptors (Lipinski definition) is 10. The van der Waals surface area contributed by atoms with E-state index in [1.54, 1.807) is 7.11 Å². The number of benzene rings is 2. The monoisotopic (exact) mass is 484 g/mol. The van der Waals surface area contributed by atoms with E-state index in [9.17, 15) is 0 Å². The van der Waals surface area contributed by atoms with Crippen LogP contribution in [0.1, 0.15) is 17.2 Å². The Hall–Kier alpha value is -3.57. The molecule has 0 unspecified atom stereocenters. The van der Waals surface area contributed by atoms with Crippen molar-refractivity contribution in [1.29, 1.82) is 0 Å². The van der Waals surface area contributed by atoms with E-state index < -0.39 is 0 Å². The molecule has 0 aliphatic rings. The van der Waals surface area contributed by atoms with Crippen LogP contribution in [0.3, 0.4) is 0 Å². The lowest BCUT2D eigenvalue weighted by molar-refractivity contribution is 0.292. The van der Waals surface area contributed by atoms with Crippen LogP contribution in [-0.4, -0.2) is 36.8 Å². The van der Waals surface area contributed by atoms with E-state index in [2.05, 4.69) is 25.1 Å². The zero-order valence-corrected chi connectivity index (χ0v) is 19.5. The average molecular weight is 485 g/mol. The number of nitrogens with two attached hydrogens (primary N) is 2. The Balaban J connectivity index is 1.61. The number of rotatable bonds is 8. The number of halogens is 1. The Bertz CT molecular complexity index is 1250. The Labute approximate surface area is 199 Å². The van der Waals surface area contributed by atoms with E-state index in [4.69, 9.17) is 32.5 Å². The van der Waals surface area contributed by atoms with Gasteiger partial charge in [-0.05, 0) is 48.9 Å². The molecule has 0 bridgehead atoms. The lowest BCUT2D eigenvalue weighted by Crippen LogP contribution is -2.08. The lowest BCUT2D eigenvalue weighted by Gasteiger charge is -2.12. The van der Waals surface area contributed by atoms with E-state index >= 15 is 0 Å². The summed E-state index contributed by atoms with van der Waals surface area (Å²) in [5, 5.41) is 9.93. The van der Waals surface area contributed by atoms with Crippen molar-refractivity contribution in [2.75, 3.05) is 18.6 Å². The molecule has 4 N–H and O–H groups in total. The minimum absolute atomic E-state index is 0.0680. The van der Waals surface area contributed by atoms with Gasteiger partial charge in [0.25, 0.3) is 0 Å². The van der Waals surface area contributed by atoms with Gasteiger partial charge in [0.05, 0.1) is 18.6 Å². The van der Waals surface area contributed by atoms with Crippen molar-refractivity contribution in [3.05, 3.63) is 64.7 Å². The fourth-order valence-electron chi connectivity index (χ4n) is 2.94. The largest absolute Gasteiger partial charge is 0.497 e. The van der Waals surface area contributed by atoms with Crippen LogP contribution in [0.15, 0.2) is 47.6 Å². The van der Waals surface area contributed by atoms with Crippen LogP contribution < -0.4 is 20.9 Å². The van der Waals surface area contributed by atoms with Crippen molar-refractivity contribution in [3.8, 4) is 17.2 Å². The van der Waals surface area contributed by atoms with Crippen molar-refractivity contribution in [3.63, 3.8) is 0 Å². The molecule has 2 heterocycles. The topological polar surface area (TPSA) is 140 Å². The number of nitrogens with zero attached hydrogens (tertiary/aromatic N) is 6. The summed E-state index contributed by atoms with van der Waals surface area (Å²) in [6.45, 7) is 2.13. The van der Waals surface area contributed by atoms with Gasteiger partial charge in [-0.15, -0.1) is 10.2 Å². The first-order valence-corrected chi connectivity index (χ1v) is 11.2. The minimum atomic E-state index is 0.0680. The molecular formula is C21H21ClN8O2S. The van der Waals surface area contributed by atoms with E-state index in [1.807, 2.05) is 54.0 Å². The Morgan fingerprint density at radius 1 is 0.970 bits per heavy atom. The van der Waals surface area contributed by atoms with Crippen LogP contribution in [0.25, 0.3) is 5.69 Å². The number of aryl methyl sites for hydroxylation is 1. The molecule has 2 aromatic carbocycles. The van der Waals surface area contributed by atoms with Crippen LogP contribution >= 0.6 is 23.4 Å². The Morgan fingerprint density at radius 2 is 1.67 bits per heavy atom. The van der Waals surface area contributed by atoms with Crippen molar-refractivity contribution in [2.24, 2.45) is 0 Å². The molecule has 4 aromatic rings. The van der Waals surface area contributed by atoms with Crippen molar-refractivity contribution >= 4 is 35.3 Å². The minimum Gasteiger partial charge on any atom is -0.497 e. The summed E-state index contributed by atoms with van der Waals surface area (Å²) in [6.07, 6.45) is 0. The van der Waals surface area contributed by atoms with Gasteiger partial charge in [0.1, 0.15) is 23.9 Å². The molecule has 0 saturated heterocycles. The second-order valence-electron chi connectivity index (χ2n) is 6.89. The molecule has 170 valence electrons. The summed E-state index contributed by atoms with van der Waals surface area (Å²) < 4.78 is 13.0. The highest BCUT2D eigenvalue weighted by Gasteiger charge is 2.17. The zero-order valence-electron chi connectivity index (χ0n) is 17.9. The maximum Gasteiger partial charge on any atom is 0.225 e. The summed E-state index contributed by atoms with van der Waals surface area (Å²) in [5.41, 5.74) is 13.1. The van der Waals surface area contributed by atoms with Gasteiger partial charge in [0.15, 0.2) is 11.0 Å². The Kier molecular flexibility index (Phi) is 6.80. The molecule has 12 heteroatoms. The third-order valence-corrected chi connectivity index (χ3v) is 5.92. The number of methoxy groups -OCH3 is 1. The molecular weight excluding hydrogens is 464 g/mol. The average Bonchev–Trinajstić information content (AvgIpc) is 3.20. The second kappa shape index (κ2) is 9.92. The molecule has 4 rings (SSSR count). The summed E-state index contributed by atoms with van der Waals surface area (Å²) in [6, 6.07) is 13.1. The maximum atomic E-state index is 6.39. The fourth-order valence-corrected chi connectivity index (χ4v) is 3.94. The van der Waals surface area contributed by atoms with Crippen LogP contribution in [0.4, 0.5) is 11.9 Å². The number of thioether (sulfide) groups is 1. The standard InChI is InChI=1S/C21H21ClN8O2S/c1-12-3-4-13(9-16(12)22)30-18(10-32-15-7-5-14(31-2)6-8-15)28-29-21(30)33-11-17-25-19(23)27-20(24)26-17/h3-9H,10-11H2,1-2H3,(H4,23,24,25,26,27). The molecule has 0 fully saturated rings. The molecule has 33 heavy (non-hydrogen) atoms. The predicted molar refractivity (Wildman–Crippen MR) is 127 cm³/mol. The van der Waals surface area contributed by atoms with Gasteiger partial charge in [0, 0.05) is 5.02 Å². The molecule has 0 saturated carbocycles. The van der Waals surface area contributed by atoms with Gasteiger partial charge < -0.3 is 20.9 Å². The number of nitrogen functional groups attached to an aromatic ring is 2. The van der Waals surface area contributed by atoms with Crippen molar-refractivity contribution in [2.45, 2.75) is 24.4 Å². The lowest BCUT2D eigenvalue weighted by atomic mass is 10.2. The van der Waals surface area contributed by atoms with Gasteiger partial charge in [-0.1, -0.05) is 29.4 Å². The van der Waals surface area contributed by atoms with Crippen LogP contribution in [0.2, 0.25) is 5.02 Å². The molecule has 0 amide bonds. The van der Waals surface area contributed by atoms with Crippen LogP contribution in [0, 0.1) is 6.92 Å². The fraction of sp³-hybridized carbons (Fsp3) is 0.190. The maximum absolute atomic E-state index is 6.39. The Morgan fingerprint density at radius 3 is 2.33 bits per heavy atom. The SMILES string of the molecule is COc1ccc(OCc2nnc(SCc3nc(N)nc(N)n3)n2-c2ccc(C)c(Cl)c2)cc1. The first-order valence-electron chi connectivity index (χ1n) is 9.79. The molecule has 2 aromatic heterocycles. The molecule has 10 nitrogen and oxygen atoms in total. The first kappa shape index (κ1) is 22.6. The van der Waals surface area contributed by atoms with Crippen molar-refractivity contribution < 1.29 is 9.47 Å². The molecule has 0 aliphatic heterocycles. The number of hydrogen-bond donors (Lipinski definition) is 2. The number of ether oxygens (including phenoxy) is 2. The number of anilines is 2. The van der Waals surface area contributed by atoms with E-state index in [0.717, 1.165) is 17.0 Å². The molecule has 0 radical (unpaired) electrons. The first-order chi connectivity index (χ1) is 15.9. The van der Waals surface area contributed by atoms with E-state index in [-0.39, 0.29) is 18.5 Å². The zero-order chi connectivity index (χ0) is 23.4.